The number of benzene rings is 2. The lowest BCUT2D eigenvalue weighted by molar-refractivity contribution is 0.102. The van der Waals surface area contributed by atoms with Crippen LogP contribution in [0.15, 0.2) is 42.5 Å². The first kappa shape index (κ1) is 14.2. The fourth-order valence-corrected chi connectivity index (χ4v) is 1.98. The van der Waals surface area contributed by atoms with Crippen LogP contribution >= 0.6 is 0 Å². The number of carbonyl (C=O) groups is 1. The first-order chi connectivity index (χ1) is 9.61. The quantitative estimate of drug-likeness (QED) is 0.898. The van der Waals surface area contributed by atoms with E-state index < -0.39 is 11.7 Å². The standard InChI is InChI=1S/C16H17FN2O/c1-11-5-3-8-14(15(11)17)16(20)19-13-7-4-6-12(9-13)10-18-2/h3-9,18H,10H2,1-2H3,(H,19,20). The predicted molar refractivity (Wildman–Crippen MR) is 78.3 cm³/mol. The molecule has 0 atom stereocenters. The number of nitrogens with one attached hydrogen (secondary N) is 2. The zero-order chi connectivity index (χ0) is 14.5. The molecule has 0 aliphatic carbocycles. The molecule has 0 heterocycles. The highest BCUT2D eigenvalue weighted by Gasteiger charge is 2.13. The number of aryl methyl sites for hydroxylation is 1. The molecular formula is C16H17FN2O. The van der Waals surface area contributed by atoms with Gasteiger partial charge in [0.05, 0.1) is 5.56 Å². The predicted octanol–water partition coefficient (Wildman–Crippen LogP) is 3.11. The molecule has 0 bridgehead atoms. The van der Waals surface area contributed by atoms with E-state index >= 15 is 0 Å². The van der Waals surface area contributed by atoms with E-state index in [-0.39, 0.29) is 5.56 Å². The number of anilines is 1. The smallest absolute Gasteiger partial charge is 0.258 e. The van der Waals surface area contributed by atoms with Gasteiger partial charge in [0, 0.05) is 12.2 Å². The fraction of sp³-hybridized carbons (Fsp3) is 0.188. The average Bonchev–Trinajstić information content (AvgIpc) is 2.42. The van der Waals surface area contributed by atoms with Crippen molar-refractivity contribution < 1.29 is 9.18 Å². The third-order valence-corrected chi connectivity index (χ3v) is 3.00. The Morgan fingerprint density at radius 1 is 1.20 bits per heavy atom. The zero-order valence-electron chi connectivity index (χ0n) is 11.5. The molecule has 4 heteroatoms. The van der Waals surface area contributed by atoms with Gasteiger partial charge in [-0.25, -0.2) is 4.39 Å². The van der Waals surface area contributed by atoms with Crippen molar-refractivity contribution in [2.75, 3.05) is 12.4 Å². The van der Waals surface area contributed by atoms with Crippen molar-refractivity contribution >= 4 is 11.6 Å². The third-order valence-electron chi connectivity index (χ3n) is 3.00. The van der Waals surface area contributed by atoms with Gasteiger partial charge in [-0.1, -0.05) is 24.3 Å². The minimum Gasteiger partial charge on any atom is -0.322 e. The highest BCUT2D eigenvalue weighted by atomic mass is 19.1. The molecule has 3 nitrogen and oxygen atoms in total. The van der Waals surface area contributed by atoms with E-state index in [4.69, 9.17) is 0 Å². The van der Waals surface area contributed by atoms with Gasteiger partial charge < -0.3 is 10.6 Å². The minimum absolute atomic E-state index is 0.0593. The lowest BCUT2D eigenvalue weighted by Gasteiger charge is -2.09. The first-order valence-electron chi connectivity index (χ1n) is 6.42. The van der Waals surface area contributed by atoms with Crippen LogP contribution in [-0.2, 0) is 6.54 Å². The largest absolute Gasteiger partial charge is 0.322 e. The number of halogens is 1. The van der Waals surface area contributed by atoms with Crippen LogP contribution in [0.5, 0.6) is 0 Å². The van der Waals surface area contributed by atoms with E-state index in [9.17, 15) is 9.18 Å². The van der Waals surface area contributed by atoms with Crippen molar-refractivity contribution in [1.29, 1.82) is 0 Å². The summed E-state index contributed by atoms with van der Waals surface area (Å²) in [6.07, 6.45) is 0. The summed E-state index contributed by atoms with van der Waals surface area (Å²) in [5, 5.41) is 5.76. The maximum Gasteiger partial charge on any atom is 0.258 e. The molecule has 20 heavy (non-hydrogen) atoms. The van der Waals surface area contributed by atoms with Crippen LogP contribution in [0.25, 0.3) is 0 Å². The van der Waals surface area contributed by atoms with Gasteiger partial charge in [-0.15, -0.1) is 0 Å². The fourth-order valence-electron chi connectivity index (χ4n) is 1.98. The van der Waals surface area contributed by atoms with Gasteiger partial charge in [0.1, 0.15) is 5.82 Å². The summed E-state index contributed by atoms with van der Waals surface area (Å²) in [4.78, 5) is 12.1. The molecule has 0 aliphatic rings. The molecular weight excluding hydrogens is 255 g/mol. The van der Waals surface area contributed by atoms with E-state index in [1.807, 2.05) is 25.2 Å². The number of amides is 1. The lowest BCUT2D eigenvalue weighted by Crippen LogP contribution is -2.14. The van der Waals surface area contributed by atoms with Crippen molar-refractivity contribution in [1.82, 2.24) is 5.32 Å². The summed E-state index contributed by atoms with van der Waals surface area (Å²) in [7, 11) is 1.85. The second-order valence-corrected chi connectivity index (χ2v) is 4.62. The van der Waals surface area contributed by atoms with E-state index in [0.29, 0.717) is 17.8 Å². The molecule has 2 aromatic rings. The van der Waals surface area contributed by atoms with E-state index in [0.717, 1.165) is 5.56 Å². The molecule has 2 N–H and O–H groups in total. The minimum atomic E-state index is -0.476. The number of hydrogen-bond donors (Lipinski definition) is 2. The summed E-state index contributed by atoms with van der Waals surface area (Å²) < 4.78 is 13.9. The van der Waals surface area contributed by atoms with Gasteiger partial charge in [0.2, 0.25) is 0 Å². The topological polar surface area (TPSA) is 41.1 Å². The van der Waals surface area contributed by atoms with Gasteiger partial charge >= 0.3 is 0 Å². The third kappa shape index (κ3) is 3.22. The Kier molecular flexibility index (Phi) is 4.48. The molecule has 0 radical (unpaired) electrons. The van der Waals surface area contributed by atoms with Crippen LogP contribution in [-0.4, -0.2) is 13.0 Å². The summed E-state index contributed by atoms with van der Waals surface area (Å²) in [6.45, 7) is 2.35. The van der Waals surface area contributed by atoms with Crippen molar-refractivity contribution in [3.63, 3.8) is 0 Å². The molecule has 2 rings (SSSR count). The zero-order valence-corrected chi connectivity index (χ0v) is 11.5. The molecule has 0 fully saturated rings. The molecule has 0 saturated carbocycles. The van der Waals surface area contributed by atoms with Crippen LogP contribution < -0.4 is 10.6 Å². The van der Waals surface area contributed by atoms with E-state index in [2.05, 4.69) is 10.6 Å². The Labute approximate surface area is 117 Å². The van der Waals surface area contributed by atoms with Gasteiger partial charge in [0.25, 0.3) is 5.91 Å². The van der Waals surface area contributed by atoms with Crippen LogP contribution in [0.4, 0.5) is 10.1 Å². The maximum atomic E-state index is 13.9. The molecule has 0 spiro atoms. The highest BCUT2D eigenvalue weighted by Crippen LogP contribution is 2.16. The van der Waals surface area contributed by atoms with E-state index in [1.165, 1.54) is 6.07 Å². The van der Waals surface area contributed by atoms with Crippen molar-refractivity contribution in [3.8, 4) is 0 Å². The van der Waals surface area contributed by atoms with Gasteiger partial charge in [-0.2, -0.15) is 0 Å². The average molecular weight is 272 g/mol. The lowest BCUT2D eigenvalue weighted by atomic mass is 10.1. The molecule has 1 amide bonds. The summed E-state index contributed by atoms with van der Waals surface area (Å²) in [6, 6.07) is 12.3. The molecule has 0 unspecified atom stereocenters. The van der Waals surface area contributed by atoms with Crippen LogP contribution in [0.1, 0.15) is 21.5 Å². The molecule has 0 aliphatic heterocycles. The normalized spacial score (nSPS) is 10.3. The van der Waals surface area contributed by atoms with Crippen molar-refractivity contribution in [3.05, 3.63) is 65.0 Å². The maximum absolute atomic E-state index is 13.9. The second-order valence-electron chi connectivity index (χ2n) is 4.62. The summed E-state index contributed by atoms with van der Waals surface area (Å²) >= 11 is 0. The Bertz CT molecular complexity index is 626. The van der Waals surface area contributed by atoms with E-state index in [1.54, 1.807) is 25.1 Å². The summed E-state index contributed by atoms with van der Waals surface area (Å²) in [5.41, 5.74) is 2.23. The Morgan fingerprint density at radius 3 is 2.70 bits per heavy atom. The number of rotatable bonds is 4. The van der Waals surface area contributed by atoms with Crippen LogP contribution in [0, 0.1) is 12.7 Å². The van der Waals surface area contributed by atoms with Gasteiger partial charge in [-0.05, 0) is 43.3 Å². The molecule has 2 aromatic carbocycles. The number of hydrogen-bond acceptors (Lipinski definition) is 2. The van der Waals surface area contributed by atoms with Gasteiger partial charge in [-0.3, -0.25) is 4.79 Å². The Morgan fingerprint density at radius 2 is 1.95 bits per heavy atom. The SMILES string of the molecule is CNCc1cccc(NC(=O)c2cccc(C)c2F)c1. The van der Waals surface area contributed by atoms with Gasteiger partial charge in [0.15, 0.2) is 0 Å². The highest BCUT2D eigenvalue weighted by molar-refractivity contribution is 6.04. The molecule has 104 valence electrons. The van der Waals surface area contributed by atoms with Crippen molar-refractivity contribution in [2.24, 2.45) is 0 Å². The number of carbonyl (C=O) groups excluding carboxylic acids is 1. The Balaban J connectivity index is 2.19. The Hall–Kier alpha value is -2.20. The van der Waals surface area contributed by atoms with Crippen LogP contribution in [0.2, 0.25) is 0 Å². The summed E-state index contributed by atoms with van der Waals surface area (Å²) in [5.74, 6) is -0.913. The molecule has 0 aromatic heterocycles. The molecule has 0 saturated heterocycles. The first-order valence-corrected chi connectivity index (χ1v) is 6.42. The van der Waals surface area contributed by atoms with Crippen molar-refractivity contribution in [2.45, 2.75) is 13.5 Å². The monoisotopic (exact) mass is 272 g/mol. The second kappa shape index (κ2) is 6.30. The van der Waals surface area contributed by atoms with Crippen LogP contribution in [0.3, 0.4) is 0 Å².